The highest BCUT2D eigenvalue weighted by molar-refractivity contribution is 6.31. The van der Waals surface area contributed by atoms with Crippen LogP contribution in [-0.4, -0.2) is 80.0 Å². The predicted octanol–water partition coefficient (Wildman–Crippen LogP) is 5.36. The molecule has 6 rings (SSSR count). The molecule has 3 aromatic heterocycles. The van der Waals surface area contributed by atoms with E-state index in [4.69, 9.17) is 27.1 Å². The standard InChI is InChI=1S/C35H44ClN10O2/c1-34(2)19-23(35(3,4)46(34)47)20-48-25-8-10-28-27(18-25)30(26-9-7-24(36)17-29(26)44-28)40-14-6-13-38-11-5-12-39-15-16-45-22-43-31-32(37)41-21-42-33(31)45/h7-10,17-19,21-22,38-39H,5-6,11-16,20H2,1-4H3,(H,40,44)(H2,37,41,42). The Morgan fingerprint density at radius 2 is 1.67 bits per heavy atom. The van der Waals surface area contributed by atoms with E-state index in [1.165, 1.54) is 6.33 Å². The van der Waals surface area contributed by atoms with Crippen LogP contribution < -0.4 is 26.4 Å². The molecule has 0 bridgehead atoms. The van der Waals surface area contributed by atoms with Gasteiger partial charge in [0.1, 0.15) is 24.2 Å². The van der Waals surface area contributed by atoms with Crippen molar-refractivity contribution in [1.29, 1.82) is 0 Å². The van der Waals surface area contributed by atoms with Crippen molar-refractivity contribution in [3.63, 3.8) is 0 Å². The van der Waals surface area contributed by atoms with E-state index < -0.39 is 11.1 Å². The van der Waals surface area contributed by atoms with Crippen LogP contribution in [0.3, 0.4) is 0 Å². The second-order valence-corrected chi connectivity index (χ2v) is 13.7. The summed E-state index contributed by atoms with van der Waals surface area (Å²) in [4.78, 5) is 17.5. The maximum atomic E-state index is 12.8. The summed E-state index contributed by atoms with van der Waals surface area (Å²) in [6.07, 6.45) is 7.22. The summed E-state index contributed by atoms with van der Waals surface area (Å²) in [5.41, 5.74) is 9.76. The van der Waals surface area contributed by atoms with Crippen molar-refractivity contribution in [3.05, 3.63) is 65.7 Å². The lowest BCUT2D eigenvalue weighted by atomic mass is 9.97. The molecule has 0 fully saturated rings. The van der Waals surface area contributed by atoms with Crippen LogP contribution in [0, 0.1) is 0 Å². The molecule has 2 aromatic carbocycles. The number of hydrogen-bond acceptors (Lipinski definition) is 10. The first-order valence-corrected chi connectivity index (χ1v) is 16.8. The SMILES string of the molecule is CC1(C)C=C(COc2ccc3nc4cc(Cl)ccc4c(NCCCNCCCNCCn4cnc5c(N)ncnc54)c3c2)C(C)(C)N1[O]. The van der Waals surface area contributed by atoms with Crippen molar-refractivity contribution in [2.24, 2.45) is 0 Å². The minimum absolute atomic E-state index is 0.341. The average Bonchev–Trinajstić information content (AvgIpc) is 3.54. The van der Waals surface area contributed by atoms with Gasteiger partial charge in [0.25, 0.3) is 0 Å². The van der Waals surface area contributed by atoms with Gasteiger partial charge < -0.3 is 31.0 Å². The molecule has 48 heavy (non-hydrogen) atoms. The Morgan fingerprint density at radius 3 is 2.44 bits per heavy atom. The molecule has 0 saturated carbocycles. The van der Waals surface area contributed by atoms with Crippen LogP contribution in [0.15, 0.2) is 60.7 Å². The zero-order valence-electron chi connectivity index (χ0n) is 28.0. The highest BCUT2D eigenvalue weighted by atomic mass is 35.5. The smallest absolute Gasteiger partial charge is 0.165 e. The maximum absolute atomic E-state index is 12.8. The Bertz CT molecular complexity index is 1940. The largest absolute Gasteiger partial charge is 0.489 e. The summed E-state index contributed by atoms with van der Waals surface area (Å²) in [6.45, 7) is 13.2. The number of aromatic nitrogens is 5. The lowest BCUT2D eigenvalue weighted by Crippen LogP contribution is -2.47. The molecule has 0 spiro atoms. The number of fused-ring (bicyclic) bond motifs is 3. The van der Waals surface area contributed by atoms with Gasteiger partial charge in [-0.15, -0.1) is 10.3 Å². The van der Waals surface area contributed by atoms with Crippen LogP contribution in [0.25, 0.3) is 33.0 Å². The fraction of sp³-hybridized carbons (Fsp3) is 0.429. The van der Waals surface area contributed by atoms with Crippen molar-refractivity contribution >= 4 is 56.1 Å². The number of halogens is 1. The molecule has 0 amide bonds. The fourth-order valence-electron chi connectivity index (χ4n) is 6.35. The van der Waals surface area contributed by atoms with Gasteiger partial charge in [-0.25, -0.2) is 19.9 Å². The zero-order chi connectivity index (χ0) is 33.9. The van der Waals surface area contributed by atoms with Crippen molar-refractivity contribution in [1.82, 2.24) is 40.2 Å². The van der Waals surface area contributed by atoms with Gasteiger partial charge in [0.05, 0.1) is 34.1 Å². The van der Waals surface area contributed by atoms with Crippen molar-refractivity contribution in [2.75, 3.05) is 50.4 Å². The molecule has 0 saturated heterocycles. The molecule has 0 unspecified atom stereocenters. The summed E-state index contributed by atoms with van der Waals surface area (Å²) in [7, 11) is 0. The predicted molar refractivity (Wildman–Crippen MR) is 192 cm³/mol. The lowest BCUT2D eigenvalue weighted by molar-refractivity contribution is -0.239. The van der Waals surface area contributed by atoms with Crippen LogP contribution in [0.4, 0.5) is 11.5 Å². The molecule has 5 N–H and O–H groups in total. The van der Waals surface area contributed by atoms with Gasteiger partial charge in [-0.1, -0.05) is 17.7 Å². The Labute approximate surface area is 285 Å². The van der Waals surface area contributed by atoms with E-state index in [0.29, 0.717) is 23.0 Å². The lowest BCUT2D eigenvalue weighted by Gasteiger charge is -2.33. The number of hydrogen-bond donors (Lipinski definition) is 4. The van der Waals surface area contributed by atoms with Gasteiger partial charge in [-0.2, -0.15) is 0 Å². The van der Waals surface area contributed by atoms with Crippen molar-refractivity contribution in [3.8, 4) is 5.75 Å². The minimum Gasteiger partial charge on any atom is -0.489 e. The Morgan fingerprint density at radius 1 is 0.896 bits per heavy atom. The third-order valence-electron chi connectivity index (χ3n) is 8.94. The molecular formula is C35H44ClN10O2. The molecule has 5 aromatic rings. The molecule has 1 radical (unpaired) electrons. The number of nitrogens with zero attached hydrogens (tertiary/aromatic N) is 6. The monoisotopic (exact) mass is 671 g/mol. The first-order chi connectivity index (χ1) is 23.0. The Hall–Kier alpha value is -4.07. The summed E-state index contributed by atoms with van der Waals surface area (Å²) in [5.74, 6) is 1.13. The molecule has 1 aliphatic rings. The van der Waals surface area contributed by atoms with E-state index >= 15 is 0 Å². The summed E-state index contributed by atoms with van der Waals surface area (Å²) >= 11 is 6.33. The molecule has 12 nitrogen and oxygen atoms in total. The number of hydroxylamine groups is 2. The molecular weight excluding hydrogens is 628 g/mol. The minimum atomic E-state index is -0.628. The highest BCUT2D eigenvalue weighted by Gasteiger charge is 2.46. The fourth-order valence-corrected chi connectivity index (χ4v) is 6.51. The second-order valence-electron chi connectivity index (χ2n) is 13.3. The highest BCUT2D eigenvalue weighted by Crippen LogP contribution is 2.39. The van der Waals surface area contributed by atoms with E-state index in [1.54, 1.807) is 6.33 Å². The topological polar surface area (TPSA) is 151 Å². The number of pyridine rings is 1. The van der Waals surface area contributed by atoms with Gasteiger partial charge in [-0.05, 0) is 102 Å². The van der Waals surface area contributed by atoms with Crippen molar-refractivity contribution < 1.29 is 9.94 Å². The number of imidazole rings is 1. The number of ether oxygens (including phenoxy) is 1. The molecule has 13 heteroatoms. The maximum Gasteiger partial charge on any atom is 0.165 e. The van der Waals surface area contributed by atoms with Crippen LogP contribution in [0.2, 0.25) is 5.02 Å². The Kier molecular flexibility index (Phi) is 10.00. The quantitative estimate of drug-likeness (QED) is 0.0651. The number of rotatable bonds is 15. The van der Waals surface area contributed by atoms with Gasteiger partial charge in [-0.3, -0.25) is 0 Å². The number of nitrogens with two attached hydrogens (primary N) is 1. The summed E-state index contributed by atoms with van der Waals surface area (Å²) in [6, 6.07) is 11.7. The molecule has 0 atom stereocenters. The van der Waals surface area contributed by atoms with Crippen molar-refractivity contribution in [2.45, 2.75) is 58.2 Å². The molecule has 253 valence electrons. The average molecular weight is 672 g/mol. The van der Waals surface area contributed by atoms with E-state index in [9.17, 15) is 5.21 Å². The number of nitrogen functional groups attached to an aromatic ring is 1. The third-order valence-corrected chi connectivity index (χ3v) is 9.18. The van der Waals surface area contributed by atoms with Gasteiger partial charge in [0.15, 0.2) is 11.5 Å². The van der Waals surface area contributed by atoms with Crippen LogP contribution >= 0.6 is 11.6 Å². The van der Waals surface area contributed by atoms with E-state index in [-0.39, 0.29) is 0 Å². The van der Waals surface area contributed by atoms with Crippen LogP contribution in [0.1, 0.15) is 40.5 Å². The van der Waals surface area contributed by atoms with E-state index in [1.807, 2.05) is 74.7 Å². The van der Waals surface area contributed by atoms with Crippen LogP contribution in [0.5, 0.6) is 5.75 Å². The van der Waals surface area contributed by atoms with Gasteiger partial charge in [0.2, 0.25) is 0 Å². The normalized spacial score (nSPS) is 15.8. The number of benzene rings is 2. The van der Waals surface area contributed by atoms with Gasteiger partial charge >= 0.3 is 0 Å². The second kappa shape index (κ2) is 14.2. The number of nitrogens with one attached hydrogen (secondary N) is 3. The molecule has 4 heterocycles. The van der Waals surface area contributed by atoms with E-state index in [0.717, 1.165) is 102 Å². The number of anilines is 2. The first kappa shape index (κ1) is 33.8. The summed E-state index contributed by atoms with van der Waals surface area (Å²) in [5, 5.41) is 27.3. The van der Waals surface area contributed by atoms with Gasteiger partial charge in [0, 0.05) is 35.4 Å². The summed E-state index contributed by atoms with van der Waals surface area (Å²) < 4.78 is 8.25. The Balaban J connectivity index is 0.997. The van der Waals surface area contributed by atoms with Crippen LogP contribution in [-0.2, 0) is 11.8 Å². The molecule has 0 aliphatic carbocycles. The first-order valence-electron chi connectivity index (χ1n) is 16.5. The molecule has 1 aliphatic heterocycles. The third kappa shape index (κ3) is 7.18. The zero-order valence-corrected chi connectivity index (χ0v) is 28.8. The van der Waals surface area contributed by atoms with E-state index in [2.05, 4.69) is 30.9 Å².